The fraction of sp³-hybridized carbons (Fsp3) is 0.107. The number of benzene rings is 4. The predicted octanol–water partition coefficient (Wildman–Crippen LogP) is 6.37. The first kappa shape index (κ1) is 33.0. The summed E-state index contributed by atoms with van der Waals surface area (Å²) in [4.78, 5) is 10.7. The summed E-state index contributed by atoms with van der Waals surface area (Å²) in [7, 11) is -8.14. The normalized spacial score (nSPS) is 12.6. The van der Waals surface area contributed by atoms with Crippen molar-refractivity contribution >= 4 is 66.4 Å². The van der Waals surface area contributed by atoms with Crippen LogP contribution in [-0.4, -0.2) is 34.0 Å². The molecule has 0 fully saturated rings. The number of sulfonamides is 2. The molecule has 0 aliphatic heterocycles. The summed E-state index contributed by atoms with van der Waals surface area (Å²) < 4.78 is 93.8. The summed E-state index contributed by atoms with van der Waals surface area (Å²) in [6.45, 7) is 0. The van der Waals surface area contributed by atoms with Crippen molar-refractivity contribution in [3.63, 3.8) is 0 Å². The van der Waals surface area contributed by atoms with E-state index in [0.29, 0.717) is 5.02 Å². The van der Waals surface area contributed by atoms with Gasteiger partial charge in [-0.2, -0.15) is 13.2 Å². The maximum Gasteiger partial charge on any atom is 0.472 e. The maximum atomic E-state index is 13.1. The molecule has 0 aliphatic rings. The van der Waals surface area contributed by atoms with Crippen molar-refractivity contribution in [2.75, 3.05) is 20.0 Å². The molecule has 4 N–H and O–H groups in total. The fourth-order valence-corrected chi connectivity index (χ4v) is 7.79. The van der Waals surface area contributed by atoms with E-state index in [0.717, 1.165) is 29.0 Å². The van der Waals surface area contributed by atoms with E-state index < -0.39 is 32.1 Å². The highest BCUT2D eigenvalue weighted by Gasteiger charge is 2.38. The molecule has 1 atom stereocenters. The Morgan fingerprint density at radius 3 is 2.05 bits per heavy atom. The second-order valence-electron chi connectivity index (χ2n) is 9.13. The van der Waals surface area contributed by atoms with Gasteiger partial charge in [0.1, 0.15) is 5.08 Å². The predicted molar refractivity (Wildman–Crippen MR) is 166 cm³/mol. The lowest BCUT2D eigenvalue weighted by Gasteiger charge is -2.18. The van der Waals surface area contributed by atoms with E-state index in [1.807, 2.05) is 36.4 Å². The van der Waals surface area contributed by atoms with Crippen LogP contribution in [0.25, 0.3) is 0 Å². The van der Waals surface area contributed by atoms with Crippen molar-refractivity contribution < 1.29 is 34.8 Å². The van der Waals surface area contributed by atoms with Gasteiger partial charge in [0.25, 0.3) is 10.0 Å². The zero-order valence-electron chi connectivity index (χ0n) is 22.4. The minimum atomic E-state index is -5.08. The Labute approximate surface area is 261 Å². The zero-order chi connectivity index (χ0) is 32.0. The van der Waals surface area contributed by atoms with Gasteiger partial charge in [0.15, 0.2) is 0 Å². The van der Waals surface area contributed by atoms with Crippen molar-refractivity contribution in [1.29, 1.82) is 0 Å². The molecule has 0 aromatic heterocycles. The third kappa shape index (κ3) is 9.29. The number of carbonyl (C=O) groups is 1. The number of halogens is 4. The number of carbonyl (C=O) groups excluding carboxylic acids is 1. The van der Waals surface area contributed by atoms with Crippen LogP contribution < -0.4 is 20.3 Å². The summed E-state index contributed by atoms with van der Waals surface area (Å²) >= 11 is 7.33. The van der Waals surface area contributed by atoms with E-state index in [-0.39, 0.29) is 32.3 Å². The number of nitrogens with one attached hydrogen (secondary N) is 4. The van der Waals surface area contributed by atoms with Crippen LogP contribution in [0.4, 0.5) is 30.2 Å². The molecule has 0 spiro atoms. The Hall–Kier alpha value is -3.92. The Kier molecular flexibility index (Phi) is 10.3. The maximum absolute atomic E-state index is 13.1. The number of hydrogen-bond donors (Lipinski definition) is 4. The molecule has 0 heterocycles. The van der Waals surface area contributed by atoms with Gasteiger partial charge in [0.05, 0.1) is 15.8 Å². The van der Waals surface area contributed by atoms with E-state index in [9.17, 15) is 34.8 Å². The third-order valence-electron chi connectivity index (χ3n) is 5.78. The minimum Gasteiger partial charge on any atom is -0.298 e. The van der Waals surface area contributed by atoms with Crippen molar-refractivity contribution in [2.45, 2.75) is 16.3 Å². The van der Waals surface area contributed by atoms with Crippen LogP contribution in [0.15, 0.2) is 108 Å². The van der Waals surface area contributed by atoms with E-state index in [2.05, 4.69) is 14.9 Å². The molecule has 0 radical (unpaired) electrons. The van der Waals surface area contributed by atoms with E-state index in [1.165, 1.54) is 47.9 Å². The first-order chi connectivity index (χ1) is 20.7. The molecule has 44 heavy (non-hydrogen) atoms. The Morgan fingerprint density at radius 1 is 0.750 bits per heavy atom. The lowest BCUT2D eigenvalue weighted by Crippen LogP contribution is -2.40. The van der Waals surface area contributed by atoms with Crippen molar-refractivity contribution in [2.24, 2.45) is 0 Å². The Bertz CT molecular complexity index is 1830. The summed E-state index contributed by atoms with van der Waals surface area (Å²) in [5, 5.41) is -0.179. The lowest BCUT2D eigenvalue weighted by atomic mass is 10.0. The molecule has 4 rings (SSSR count). The first-order valence-electron chi connectivity index (χ1n) is 12.5. The van der Waals surface area contributed by atoms with Crippen LogP contribution in [0.5, 0.6) is 0 Å². The Morgan fingerprint density at radius 2 is 1.39 bits per heavy atom. The van der Waals surface area contributed by atoms with Crippen LogP contribution in [0.2, 0.25) is 5.02 Å². The van der Waals surface area contributed by atoms with Gasteiger partial charge in [-0.3, -0.25) is 25.1 Å². The minimum absolute atomic E-state index is 0.0208. The first-order valence-corrected chi connectivity index (χ1v) is 17.1. The highest BCUT2D eigenvalue weighted by Crippen LogP contribution is 2.37. The summed E-state index contributed by atoms with van der Waals surface area (Å²) in [5.41, 5.74) is 5.39. The van der Waals surface area contributed by atoms with Crippen LogP contribution >= 0.6 is 23.4 Å². The molecule has 0 bridgehead atoms. The SMILES string of the molecule is O=C(NNc1ccc(NS(=O)(=O)c2cccc(NS(=O)(=O)CSC(c3ccccc3)c3cccc(Cl)c3)c2)cc1)C(F)(F)F. The molecule has 232 valence electrons. The monoisotopic (exact) mass is 684 g/mol. The Balaban J connectivity index is 1.42. The molecule has 0 aliphatic carbocycles. The molecule has 9 nitrogen and oxygen atoms in total. The molecule has 4 aromatic carbocycles. The second kappa shape index (κ2) is 13.8. The molecule has 1 amide bonds. The van der Waals surface area contributed by atoms with Crippen LogP contribution in [-0.2, 0) is 24.8 Å². The fourth-order valence-electron chi connectivity index (χ4n) is 3.81. The number of hydrazine groups is 1. The van der Waals surface area contributed by atoms with E-state index in [1.54, 1.807) is 18.2 Å². The number of anilines is 3. The smallest absolute Gasteiger partial charge is 0.298 e. The zero-order valence-corrected chi connectivity index (χ0v) is 25.6. The molecule has 0 saturated heterocycles. The number of hydrogen-bond acceptors (Lipinski definition) is 7. The molecule has 0 saturated carbocycles. The second-order valence-corrected chi connectivity index (χ2v) is 14.4. The van der Waals surface area contributed by atoms with Gasteiger partial charge < -0.3 is 0 Å². The van der Waals surface area contributed by atoms with Gasteiger partial charge in [0.2, 0.25) is 10.0 Å². The number of thioether (sulfide) groups is 1. The van der Waals surface area contributed by atoms with Crippen molar-refractivity contribution in [1.82, 2.24) is 5.43 Å². The molecule has 1 unspecified atom stereocenters. The standard InChI is InChI=1S/C28H24ClF3N4O5S3/c29-21-9-4-8-20(16-21)26(19-6-2-1-3-7-19)42-18-43(38,39)35-24-10-5-11-25(17-24)44(40,41)36-23-14-12-22(13-15-23)33-34-27(37)28(30,31)32/h1-17,26,33,35-36H,18H2,(H,34,37). The van der Waals surface area contributed by atoms with Gasteiger partial charge in [-0.25, -0.2) is 16.8 Å². The van der Waals surface area contributed by atoms with Gasteiger partial charge in [-0.15, -0.1) is 11.8 Å². The van der Waals surface area contributed by atoms with Crippen LogP contribution in [0.3, 0.4) is 0 Å². The third-order valence-corrected chi connectivity index (χ3v) is 10.6. The lowest BCUT2D eigenvalue weighted by molar-refractivity contribution is -0.173. The highest BCUT2D eigenvalue weighted by atomic mass is 35.5. The van der Waals surface area contributed by atoms with Crippen LogP contribution in [0.1, 0.15) is 16.4 Å². The quantitative estimate of drug-likeness (QED) is 0.128. The van der Waals surface area contributed by atoms with Gasteiger partial charge in [0, 0.05) is 16.4 Å². The number of amides is 1. The molecule has 4 aromatic rings. The van der Waals surface area contributed by atoms with Gasteiger partial charge >= 0.3 is 12.1 Å². The van der Waals surface area contributed by atoms with E-state index in [4.69, 9.17) is 11.6 Å². The van der Waals surface area contributed by atoms with Crippen LogP contribution in [0, 0.1) is 0 Å². The molecule has 16 heteroatoms. The number of alkyl halides is 3. The summed E-state index contributed by atoms with van der Waals surface area (Å²) in [6, 6.07) is 26.6. The number of rotatable bonds is 12. The summed E-state index contributed by atoms with van der Waals surface area (Å²) in [5.74, 6) is -2.20. The van der Waals surface area contributed by atoms with Crippen molar-refractivity contribution in [3.05, 3.63) is 119 Å². The highest BCUT2D eigenvalue weighted by molar-refractivity contribution is 8.13. The average molecular weight is 685 g/mol. The largest absolute Gasteiger partial charge is 0.472 e. The molecular formula is C28H24ClF3N4O5S3. The topological polar surface area (TPSA) is 133 Å². The summed E-state index contributed by atoms with van der Waals surface area (Å²) in [6.07, 6.45) is -5.08. The average Bonchev–Trinajstić information content (AvgIpc) is 2.96. The van der Waals surface area contributed by atoms with E-state index >= 15 is 0 Å². The van der Waals surface area contributed by atoms with Crippen molar-refractivity contribution in [3.8, 4) is 0 Å². The van der Waals surface area contributed by atoms with Gasteiger partial charge in [-0.1, -0.05) is 60.1 Å². The van der Waals surface area contributed by atoms with Gasteiger partial charge in [-0.05, 0) is 65.7 Å². The molecular weight excluding hydrogens is 661 g/mol.